The summed E-state index contributed by atoms with van der Waals surface area (Å²) in [4.78, 5) is 22.1. The van der Waals surface area contributed by atoms with Crippen molar-refractivity contribution < 1.29 is 13.2 Å². The number of fused-ring (bicyclic) bond motifs is 1. The van der Waals surface area contributed by atoms with Crippen LogP contribution in [0.2, 0.25) is 0 Å². The summed E-state index contributed by atoms with van der Waals surface area (Å²) in [5.41, 5.74) is 6.96. The van der Waals surface area contributed by atoms with Crippen LogP contribution in [0, 0.1) is 0 Å². The van der Waals surface area contributed by atoms with Gasteiger partial charge < -0.3 is 20.4 Å². The molecule has 158 valence electrons. The molecule has 1 aliphatic carbocycles. The number of pyridine rings is 1. The van der Waals surface area contributed by atoms with Gasteiger partial charge in [0.15, 0.2) is 5.65 Å². The number of imidazole rings is 1. The van der Waals surface area contributed by atoms with Crippen LogP contribution in [0.1, 0.15) is 19.8 Å². The number of nitrogens with zero attached hydrogens (tertiary/aromatic N) is 5. The summed E-state index contributed by atoms with van der Waals surface area (Å²) < 4.78 is 30.3. The average molecular weight is 422 g/mol. The first-order chi connectivity index (χ1) is 13.6. The highest BCUT2D eigenvalue weighted by Gasteiger charge is 2.41. The number of aromatic nitrogens is 2. The van der Waals surface area contributed by atoms with Gasteiger partial charge in [0.05, 0.1) is 11.9 Å². The lowest BCUT2D eigenvalue weighted by atomic mass is 10.2. The number of nitrogen functional groups attached to an aromatic ring is 1. The number of carbonyl (C=O) groups is 1. The third-order valence-corrected chi connectivity index (χ3v) is 7.16. The van der Waals surface area contributed by atoms with E-state index in [2.05, 4.69) is 14.6 Å². The van der Waals surface area contributed by atoms with Crippen LogP contribution < -0.4 is 15.4 Å². The molecule has 2 amide bonds. The average Bonchev–Trinajstić information content (AvgIpc) is 3.27. The van der Waals surface area contributed by atoms with E-state index in [0.717, 1.165) is 12.8 Å². The maximum absolute atomic E-state index is 13.0. The van der Waals surface area contributed by atoms with Gasteiger partial charge in [-0.05, 0) is 25.8 Å². The van der Waals surface area contributed by atoms with Crippen molar-refractivity contribution in [1.29, 1.82) is 0 Å². The minimum atomic E-state index is -3.69. The van der Waals surface area contributed by atoms with Gasteiger partial charge in [0.2, 0.25) is 10.0 Å². The number of anilines is 2. The first kappa shape index (κ1) is 19.8. The number of nitrogens with one attached hydrogen (secondary N) is 1. The van der Waals surface area contributed by atoms with Crippen LogP contribution in [0.15, 0.2) is 23.4 Å². The normalized spacial score (nSPS) is 18.9. The Morgan fingerprint density at radius 1 is 1.24 bits per heavy atom. The van der Waals surface area contributed by atoms with Gasteiger partial charge in [-0.2, -0.15) is 0 Å². The molecule has 10 nitrogen and oxygen atoms in total. The summed E-state index contributed by atoms with van der Waals surface area (Å²) in [6.07, 6.45) is 4.70. The molecule has 0 spiro atoms. The fraction of sp³-hybridized carbons (Fsp3) is 0.556. The number of urea groups is 1. The molecule has 0 atom stereocenters. The van der Waals surface area contributed by atoms with Crippen molar-refractivity contribution in [2.45, 2.75) is 30.2 Å². The van der Waals surface area contributed by atoms with Crippen molar-refractivity contribution in [3.63, 3.8) is 0 Å². The summed E-state index contributed by atoms with van der Waals surface area (Å²) in [5.74, 6) is 0.373. The highest BCUT2D eigenvalue weighted by molar-refractivity contribution is 7.89. The number of hydrogen-bond acceptors (Lipinski definition) is 6. The van der Waals surface area contributed by atoms with Gasteiger partial charge in [0.25, 0.3) is 0 Å². The molecule has 29 heavy (non-hydrogen) atoms. The third-order valence-electron chi connectivity index (χ3n) is 5.55. The van der Waals surface area contributed by atoms with E-state index in [1.54, 1.807) is 34.4 Å². The van der Waals surface area contributed by atoms with Crippen molar-refractivity contribution in [1.82, 2.24) is 23.9 Å². The molecule has 1 saturated heterocycles. The lowest BCUT2D eigenvalue weighted by Gasteiger charge is -2.37. The number of sulfonamides is 1. The zero-order valence-corrected chi connectivity index (χ0v) is 17.7. The van der Waals surface area contributed by atoms with Gasteiger partial charge >= 0.3 is 6.03 Å². The van der Waals surface area contributed by atoms with Gasteiger partial charge in [-0.15, -0.1) is 0 Å². The highest BCUT2D eigenvalue weighted by atomic mass is 32.2. The molecule has 11 heteroatoms. The molecule has 2 aliphatic rings. The Morgan fingerprint density at radius 3 is 2.48 bits per heavy atom. The van der Waals surface area contributed by atoms with Crippen molar-refractivity contribution >= 4 is 33.2 Å². The lowest BCUT2D eigenvalue weighted by molar-refractivity contribution is 0.168. The number of hydrogen-bond donors (Lipinski definition) is 2. The first-order valence-electron chi connectivity index (χ1n) is 9.61. The van der Waals surface area contributed by atoms with Gasteiger partial charge in [-0.1, -0.05) is 0 Å². The first-order valence-corrected chi connectivity index (χ1v) is 11.1. The van der Waals surface area contributed by atoms with Crippen LogP contribution in [0.3, 0.4) is 0 Å². The number of carbonyl (C=O) groups excluding carboxylic acids is 1. The van der Waals surface area contributed by atoms with E-state index in [4.69, 9.17) is 5.73 Å². The minimum absolute atomic E-state index is 0.0296. The zero-order valence-electron chi connectivity index (χ0n) is 16.9. The second-order valence-electron chi connectivity index (χ2n) is 8.25. The second kappa shape index (κ2) is 6.77. The van der Waals surface area contributed by atoms with Crippen LogP contribution in [0.25, 0.3) is 5.65 Å². The summed E-state index contributed by atoms with van der Waals surface area (Å²) in [7, 11) is -0.231. The predicted octanol–water partition coefficient (Wildman–Crippen LogP) is 0.551. The molecule has 0 bridgehead atoms. The topological polar surface area (TPSA) is 116 Å². The molecular weight excluding hydrogens is 394 g/mol. The largest absolute Gasteiger partial charge is 0.383 e. The Kier molecular flexibility index (Phi) is 4.61. The molecule has 4 rings (SSSR count). The molecule has 2 aromatic heterocycles. The molecule has 2 aromatic rings. The number of amides is 2. The van der Waals surface area contributed by atoms with Crippen molar-refractivity contribution in [2.24, 2.45) is 0 Å². The Morgan fingerprint density at radius 2 is 1.90 bits per heavy atom. The number of rotatable bonds is 4. The van der Waals surface area contributed by atoms with Crippen LogP contribution in [0.4, 0.5) is 16.3 Å². The van der Waals surface area contributed by atoms with Crippen molar-refractivity contribution in [3.8, 4) is 0 Å². The van der Waals surface area contributed by atoms with E-state index in [0.29, 0.717) is 43.3 Å². The summed E-state index contributed by atoms with van der Waals surface area (Å²) in [6, 6.07) is 1.62. The third kappa shape index (κ3) is 3.71. The maximum Gasteiger partial charge on any atom is 0.319 e. The number of piperazine rings is 1. The maximum atomic E-state index is 13.0. The van der Waals surface area contributed by atoms with E-state index in [1.807, 2.05) is 6.92 Å². The monoisotopic (exact) mass is 421 g/mol. The standard InChI is InChI=1S/C18H27N7O3S/c1-18(4-5-18)21-29(27,28)13-10-14(16-20-11-15(19)25(16)12-13)23-6-8-24(9-7-23)17(26)22(2)3/h10-12,21H,4-9,19H2,1-3H3. The van der Waals surface area contributed by atoms with Crippen molar-refractivity contribution in [3.05, 3.63) is 18.5 Å². The van der Waals surface area contributed by atoms with Gasteiger partial charge in [-0.25, -0.2) is 22.9 Å². The Labute approximate surface area is 170 Å². The van der Waals surface area contributed by atoms with Crippen LogP contribution >= 0.6 is 0 Å². The second-order valence-corrected chi connectivity index (χ2v) is 9.94. The fourth-order valence-corrected chi connectivity index (χ4v) is 5.02. The fourth-order valence-electron chi connectivity index (χ4n) is 3.54. The van der Waals surface area contributed by atoms with Crippen LogP contribution in [0.5, 0.6) is 0 Å². The summed E-state index contributed by atoms with van der Waals surface area (Å²) >= 11 is 0. The highest BCUT2D eigenvalue weighted by Crippen LogP contribution is 2.36. The summed E-state index contributed by atoms with van der Waals surface area (Å²) in [6.45, 7) is 4.16. The van der Waals surface area contributed by atoms with E-state index < -0.39 is 10.0 Å². The van der Waals surface area contributed by atoms with E-state index >= 15 is 0 Å². The molecular formula is C18H27N7O3S. The molecule has 3 heterocycles. The van der Waals surface area contributed by atoms with Gasteiger partial charge in [0.1, 0.15) is 10.7 Å². The number of nitrogens with two attached hydrogens (primary N) is 1. The molecule has 0 radical (unpaired) electrons. The Hall–Kier alpha value is -2.53. The molecule has 1 saturated carbocycles. The molecule has 0 unspecified atom stereocenters. The van der Waals surface area contributed by atoms with Crippen LogP contribution in [-0.4, -0.2) is 79.4 Å². The zero-order chi connectivity index (χ0) is 21.0. The predicted molar refractivity (Wildman–Crippen MR) is 110 cm³/mol. The smallest absolute Gasteiger partial charge is 0.319 e. The summed E-state index contributed by atoms with van der Waals surface area (Å²) in [5, 5.41) is 0. The lowest BCUT2D eigenvalue weighted by Crippen LogP contribution is -2.51. The molecule has 0 aromatic carbocycles. The van der Waals surface area contributed by atoms with Gasteiger partial charge in [-0.3, -0.25) is 4.40 Å². The SMILES string of the molecule is CN(C)C(=O)N1CCN(c2cc(S(=O)(=O)NC3(C)CC3)cn3c(N)cnc23)CC1. The van der Waals surface area contributed by atoms with Gasteiger partial charge in [0, 0.05) is 52.0 Å². The van der Waals surface area contributed by atoms with Crippen LogP contribution in [-0.2, 0) is 10.0 Å². The quantitative estimate of drug-likeness (QED) is 0.745. The van der Waals surface area contributed by atoms with E-state index in [1.165, 1.54) is 12.4 Å². The van der Waals surface area contributed by atoms with Crippen molar-refractivity contribution in [2.75, 3.05) is 50.9 Å². The Balaban J connectivity index is 1.67. The molecule has 2 fully saturated rings. The van der Waals surface area contributed by atoms with E-state index in [-0.39, 0.29) is 16.5 Å². The molecule has 3 N–H and O–H groups in total. The Bertz CT molecular complexity index is 1050. The minimum Gasteiger partial charge on any atom is -0.383 e. The van der Waals surface area contributed by atoms with E-state index in [9.17, 15) is 13.2 Å². The molecule has 1 aliphatic heterocycles.